The van der Waals surface area contributed by atoms with Gasteiger partial charge in [0.05, 0.1) is 18.2 Å². The summed E-state index contributed by atoms with van der Waals surface area (Å²) in [5.41, 5.74) is 7.60. The van der Waals surface area contributed by atoms with Crippen LogP contribution in [-0.4, -0.2) is 59.9 Å². The van der Waals surface area contributed by atoms with E-state index in [9.17, 15) is 9.90 Å². The minimum atomic E-state index is -1.12. The molecular formula is C29H34ClN3O4. The Bertz CT molecular complexity index is 1180. The van der Waals surface area contributed by atoms with Crippen LogP contribution in [0.1, 0.15) is 41.4 Å². The lowest BCUT2D eigenvalue weighted by Gasteiger charge is -2.48. The van der Waals surface area contributed by atoms with Crippen molar-refractivity contribution in [2.45, 2.75) is 31.5 Å². The third-order valence-electron chi connectivity index (χ3n) is 6.84. The third kappa shape index (κ3) is 6.43. The zero-order valence-electron chi connectivity index (χ0n) is 21.2. The molecule has 3 atom stereocenters. The monoisotopic (exact) mass is 523 g/mol. The maximum atomic E-state index is 11.4. The smallest absolute Gasteiger partial charge is 0.248 e. The minimum Gasteiger partial charge on any atom is -0.491 e. The Balaban J connectivity index is 1.58. The largest absolute Gasteiger partial charge is 0.491 e. The van der Waals surface area contributed by atoms with Crippen LogP contribution in [-0.2, 0) is 5.60 Å². The minimum absolute atomic E-state index is 0.0262. The van der Waals surface area contributed by atoms with Gasteiger partial charge in [-0.15, -0.1) is 0 Å². The summed E-state index contributed by atoms with van der Waals surface area (Å²) in [6.07, 6.45) is 0. The molecule has 37 heavy (non-hydrogen) atoms. The Morgan fingerprint density at radius 2 is 1.70 bits per heavy atom. The molecule has 3 aromatic rings. The second kappa shape index (κ2) is 11.5. The van der Waals surface area contributed by atoms with E-state index in [4.69, 9.17) is 27.2 Å². The fourth-order valence-corrected chi connectivity index (χ4v) is 5.21. The van der Waals surface area contributed by atoms with E-state index in [0.717, 1.165) is 23.4 Å². The van der Waals surface area contributed by atoms with Gasteiger partial charge >= 0.3 is 0 Å². The lowest BCUT2D eigenvalue weighted by atomic mass is 9.92. The highest BCUT2D eigenvalue weighted by atomic mass is 35.5. The van der Waals surface area contributed by atoms with Gasteiger partial charge in [0.25, 0.3) is 0 Å². The van der Waals surface area contributed by atoms with Crippen molar-refractivity contribution in [1.82, 2.24) is 4.90 Å². The number of nitrogens with zero attached hydrogens (tertiary/aromatic N) is 2. The average molecular weight is 524 g/mol. The van der Waals surface area contributed by atoms with Crippen LogP contribution in [0, 0.1) is 0 Å². The fraction of sp³-hybridized carbons (Fsp3) is 0.345. The van der Waals surface area contributed by atoms with E-state index in [1.165, 1.54) is 0 Å². The van der Waals surface area contributed by atoms with E-state index >= 15 is 0 Å². The van der Waals surface area contributed by atoms with Gasteiger partial charge in [0, 0.05) is 41.9 Å². The van der Waals surface area contributed by atoms with Gasteiger partial charge in [-0.1, -0.05) is 35.9 Å². The molecule has 0 saturated carbocycles. The number of halogens is 1. The van der Waals surface area contributed by atoms with E-state index in [0.29, 0.717) is 29.4 Å². The van der Waals surface area contributed by atoms with Gasteiger partial charge in [-0.2, -0.15) is 0 Å². The van der Waals surface area contributed by atoms with Crippen molar-refractivity contribution in [1.29, 1.82) is 0 Å². The Morgan fingerprint density at radius 3 is 2.30 bits per heavy atom. The summed E-state index contributed by atoms with van der Waals surface area (Å²) in [6, 6.07) is 22.8. The van der Waals surface area contributed by atoms with Crippen LogP contribution in [0.2, 0.25) is 5.02 Å². The van der Waals surface area contributed by atoms with E-state index in [1.54, 1.807) is 31.2 Å². The molecular weight excluding hydrogens is 490 g/mol. The second-order valence-electron chi connectivity index (χ2n) is 9.80. The van der Waals surface area contributed by atoms with Crippen molar-refractivity contribution < 1.29 is 19.7 Å². The lowest BCUT2D eigenvalue weighted by molar-refractivity contribution is 0.00634. The Kier molecular flexibility index (Phi) is 8.39. The number of aliphatic hydroxyl groups is 2. The maximum absolute atomic E-state index is 11.4. The number of carbonyl (C=O) groups excluding carboxylic acids is 1. The molecule has 7 nitrogen and oxygen atoms in total. The number of hydrogen-bond acceptors (Lipinski definition) is 6. The van der Waals surface area contributed by atoms with Crippen molar-refractivity contribution in [2.24, 2.45) is 5.73 Å². The van der Waals surface area contributed by atoms with Gasteiger partial charge in [0.15, 0.2) is 0 Å². The Labute approximate surface area is 223 Å². The molecule has 1 amide bonds. The molecule has 4 N–H and O–H groups in total. The van der Waals surface area contributed by atoms with Crippen LogP contribution in [0.25, 0.3) is 0 Å². The summed E-state index contributed by atoms with van der Waals surface area (Å²) in [5, 5.41) is 21.1. The first-order valence-electron chi connectivity index (χ1n) is 12.4. The number of carbonyl (C=O) groups is 1. The first-order valence-corrected chi connectivity index (χ1v) is 12.8. The molecule has 0 unspecified atom stereocenters. The lowest BCUT2D eigenvalue weighted by Crippen LogP contribution is -2.56. The van der Waals surface area contributed by atoms with Crippen LogP contribution in [0.15, 0.2) is 72.8 Å². The van der Waals surface area contributed by atoms with Crippen LogP contribution in [0.3, 0.4) is 0 Å². The van der Waals surface area contributed by atoms with Crippen molar-refractivity contribution in [3.8, 4) is 5.75 Å². The Hall–Kier alpha value is -3.10. The van der Waals surface area contributed by atoms with Crippen molar-refractivity contribution in [3.63, 3.8) is 0 Å². The number of piperazine rings is 1. The van der Waals surface area contributed by atoms with E-state index in [-0.39, 0.29) is 25.3 Å². The second-order valence-corrected chi connectivity index (χ2v) is 10.2. The number of aliphatic hydroxyl groups excluding tert-OH is 1. The number of anilines is 1. The van der Waals surface area contributed by atoms with Crippen LogP contribution in [0.5, 0.6) is 5.75 Å². The molecule has 1 aliphatic rings. The highest BCUT2D eigenvalue weighted by Crippen LogP contribution is 2.36. The zero-order valence-corrected chi connectivity index (χ0v) is 21.9. The summed E-state index contributed by atoms with van der Waals surface area (Å²) in [5.74, 6) is 0.223. The summed E-state index contributed by atoms with van der Waals surface area (Å²) < 4.78 is 5.54. The van der Waals surface area contributed by atoms with Crippen molar-refractivity contribution in [3.05, 3.63) is 94.5 Å². The summed E-state index contributed by atoms with van der Waals surface area (Å²) in [4.78, 5) is 16.1. The molecule has 3 aromatic carbocycles. The molecule has 0 aliphatic carbocycles. The number of β-amino-alcohol motifs (C(OH)–C–C–N with tert-alkyl or cyclic N) is 1. The third-order valence-corrected chi connectivity index (χ3v) is 7.09. The quantitative estimate of drug-likeness (QED) is 0.392. The number of benzene rings is 3. The van der Waals surface area contributed by atoms with Gasteiger partial charge in [-0.3, -0.25) is 9.69 Å². The highest BCUT2D eigenvalue weighted by Gasteiger charge is 2.36. The number of amides is 1. The van der Waals surface area contributed by atoms with E-state index in [1.807, 2.05) is 36.4 Å². The SMILES string of the molecule is C[C@@H]1CN(C[C@@](C)(O)c2ccc(C(N)=O)cc2)C[C@@H](c2ccc(Cl)cc2)N1c1ccc(OCCO)cc1. The predicted molar refractivity (Wildman–Crippen MR) is 146 cm³/mol. The summed E-state index contributed by atoms with van der Waals surface area (Å²) in [6.45, 7) is 6.09. The molecule has 0 bridgehead atoms. The zero-order chi connectivity index (χ0) is 26.6. The molecule has 1 fully saturated rings. The first-order chi connectivity index (χ1) is 17.7. The van der Waals surface area contributed by atoms with Crippen molar-refractivity contribution >= 4 is 23.2 Å². The van der Waals surface area contributed by atoms with E-state index < -0.39 is 11.5 Å². The molecule has 0 aromatic heterocycles. The number of ether oxygens (including phenoxy) is 1. The molecule has 1 aliphatic heterocycles. The van der Waals surface area contributed by atoms with Gasteiger partial charge in [-0.25, -0.2) is 0 Å². The maximum Gasteiger partial charge on any atom is 0.248 e. The molecule has 0 spiro atoms. The molecule has 1 heterocycles. The molecule has 0 radical (unpaired) electrons. The number of rotatable bonds is 9. The average Bonchev–Trinajstić information content (AvgIpc) is 2.88. The van der Waals surface area contributed by atoms with Crippen LogP contribution >= 0.6 is 11.6 Å². The molecule has 4 rings (SSSR count). The molecule has 8 heteroatoms. The highest BCUT2D eigenvalue weighted by molar-refractivity contribution is 6.30. The van der Waals surface area contributed by atoms with Gasteiger partial charge in [-0.05, 0) is 73.5 Å². The summed E-state index contributed by atoms with van der Waals surface area (Å²) in [7, 11) is 0. The van der Waals surface area contributed by atoms with Crippen molar-refractivity contribution in [2.75, 3.05) is 37.7 Å². The normalized spacial score (nSPS) is 19.9. The van der Waals surface area contributed by atoms with Crippen LogP contribution < -0.4 is 15.4 Å². The molecule has 196 valence electrons. The fourth-order valence-electron chi connectivity index (χ4n) is 5.09. The van der Waals surface area contributed by atoms with E-state index in [2.05, 4.69) is 28.9 Å². The Morgan fingerprint density at radius 1 is 1.05 bits per heavy atom. The number of hydrogen-bond donors (Lipinski definition) is 3. The number of primary amides is 1. The first kappa shape index (κ1) is 26.9. The number of nitrogens with two attached hydrogens (primary N) is 1. The van der Waals surface area contributed by atoms with Gasteiger partial charge < -0.3 is 25.6 Å². The summed E-state index contributed by atoms with van der Waals surface area (Å²) >= 11 is 6.19. The standard InChI is InChI=1S/C29H34ClN3O4/c1-20-17-32(19-29(2,36)23-7-3-22(4-8-23)28(31)35)18-27(21-5-9-24(30)10-6-21)33(20)25-11-13-26(14-12-25)37-16-15-34/h3-14,20,27,34,36H,15-19H2,1-2H3,(H2,31,35)/t20-,27+,29-/m1/s1. The predicted octanol–water partition coefficient (Wildman–Crippen LogP) is 3.97. The van der Waals surface area contributed by atoms with Crippen LogP contribution in [0.4, 0.5) is 5.69 Å². The van der Waals surface area contributed by atoms with Gasteiger partial charge in [0.1, 0.15) is 12.4 Å². The van der Waals surface area contributed by atoms with Gasteiger partial charge in [0.2, 0.25) is 5.91 Å². The topological polar surface area (TPSA) is 99.3 Å². The molecule has 1 saturated heterocycles.